The van der Waals surface area contributed by atoms with Crippen LogP contribution >= 0.6 is 0 Å². The van der Waals surface area contributed by atoms with Gasteiger partial charge in [0.15, 0.2) is 0 Å². The number of pyridine rings is 1. The zero-order chi connectivity index (χ0) is 18.9. The molecule has 4 nitrogen and oxygen atoms in total. The van der Waals surface area contributed by atoms with Crippen molar-refractivity contribution in [3.05, 3.63) is 53.7 Å². The van der Waals surface area contributed by atoms with Gasteiger partial charge in [0.25, 0.3) is 0 Å². The van der Waals surface area contributed by atoms with Crippen LogP contribution in [0.15, 0.2) is 42.6 Å². The van der Waals surface area contributed by atoms with Gasteiger partial charge in [-0.05, 0) is 82.1 Å². The van der Waals surface area contributed by atoms with E-state index in [1.54, 1.807) is 6.20 Å². The number of fused-ring (bicyclic) bond motifs is 3. The van der Waals surface area contributed by atoms with Crippen molar-refractivity contribution in [3.8, 4) is 11.6 Å². The van der Waals surface area contributed by atoms with E-state index >= 15 is 0 Å². The highest BCUT2D eigenvalue weighted by atomic mass is 16.5. The lowest BCUT2D eigenvalue weighted by atomic mass is 9.53. The van der Waals surface area contributed by atoms with Crippen LogP contribution in [0.3, 0.4) is 0 Å². The third-order valence-corrected chi connectivity index (χ3v) is 6.59. The van der Waals surface area contributed by atoms with Crippen molar-refractivity contribution in [1.29, 1.82) is 0 Å². The van der Waals surface area contributed by atoms with Crippen molar-refractivity contribution in [1.82, 2.24) is 9.88 Å². The molecule has 0 amide bonds. The van der Waals surface area contributed by atoms with E-state index in [1.807, 2.05) is 24.3 Å². The molecular formula is C23H30N2O2. The molecule has 1 aromatic carbocycles. The smallest absolute Gasteiger partial charge is 0.219 e. The minimum atomic E-state index is -0.599. The van der Waals surface area contributed by atoms with Crippen LogP contribution in [0.2, 0.25) is 0 Å². The van der Waals surface area contributed by atoms with Gasteiger partial charge in [-0.2, -0.15) is 0 Å². The summed E-state index contributed by atoms with van der Waals surface area (Å²) in [5.41, 5.74) is 1.89. The maximum absolute atomic E-state index is 11.7. The lowest BCUT2D eigenvalue weighted by Gasteiger charge is -2.55. The minimum Gasteiger partial charge on any atom is -0.439 e. The standard InChI is InChI=1S/C23H30N2O2/c1-25(2)16-14-22-11-4-5-12-23(22,26)13-10-18-8-9-19(17-20(18)22)27-21-7-3-6-15-24-21/h3,6-9,15,17,26H,4-5,10-14,16H2,1-2H3/t22-,23+/m0/s1. The van der Waals surface area contributed by atoms with Crippen LogP contribution in [0.1, 0.15) is 49.7 Å². The summed E-state index contributed by atoms with van der Waals surface area (Å²) in [6, 6.07) is 12.1. The fourth-order valence-electron chi connectivity index (χ4n) is 5.12. The maximum atomic E-state index is 11.7. The molecule has 1 saturated carbocycles. The van der Waals surface area contributed by atoms with Gasteiger partial charge in [-0.25, -0.2) is 4.98 Å². The van der Waals surface area contributed by atoms with Crippen LogP contribution in [0.4, 0.5) is 0 Å². The van der Waals surface area contributed by atoms with E-state index in [2.05, 4.69) is 36.1 Å². The Kier molecular flexibility index (Phi) is 4.95. The summed E-state index contributed by atoms with van der Waals surface area (Å²) in [4.78, 5) is 6.51. The van der Waals surface area contributed by atoms with E-state index in [9.17, 15) is 5.11 Å². The highest BCUT2D eigenvalue weighted by Gasteiger charge is 2.54. The Morgan fingerprint density at radius 1 is 1.11 bits per heavy atom. The Bertz CT molecular complexity index is 792. The van der Waals surface area contributed by atoms with E-state index in [1.165, 1.54) is 17.5 Å². The summed E-state index contributed by atoms with van der Waals surface area (Å²) < 4.78 is 6.02. The number of rotatable bonds is 5. The normalized spacial score (nSPS) is 27.1. The van der Waals surface area contributed by atoms with E-state index in [0.29, 0.717) is 5.88 Å². The average molecular weight is 367 g/mol. The molecule has 2 atom stereocenters. The monoisotopic (exact) mass is 366 g/mol. The van der Waals surface area contributed by atoms with Crippen LogP contribution in [0.5, 0.6) is 11.6 Å². The van der Waals surface area contributed by atoms with Gasteiger partial charge in [0, 0.05) is 17.7 Å². The van der Waals surface area contributed by atoms with E-state index in [-0.39, 0.29) is 5.41 Å². The first-order valence-corrected chi connectivity index (χ1v) is 10.1. The molecule has 2 aromatic rings. The van der Waals surface area contributed by atoms with Crippen molar-refractivity contribution >= 4 is 0 Å². The predicted octanol–water partition coefficient (Wildman–Crippen LogP) is 4.31. The summed E-state index contributed by atoms with van der Waals surface area (Å²) in [5.74, 6) is 1.42. The Morgan fingerprint density at radius 2 is 1.96 bits per heavy atom. The molecule has 0 unspecified atom stereocenters. The molecule has 27 heavy (non-hydrogen) atoms. The number of ether oxygens (including phenoxy) is 1. The summed E-state index contributed by atoms with van der Waals surface area (Å²) in [5, 5.41) is 11.7. The summed E-state index contributed by atoms with van der Waals surface area (Å²) in [7, 11) is 4.23. The summed E-state index contributed by atoms with van der Waals surface area (Å²) in [6.45, 7) is 0.979. The van der Waals surface area contributed by atoms with Gasteiger partial charge in [0.1, 0.15) is 5.75 Å². The van der Waals surface area contributed by atoms with Crippen LogP contribution in [-0.4, -0.2) is 41.2 Å². The van der Waals surface area contributed by atoms with Crippen LogP contribution in [0.25, 0.3) is 0 Å². The topological polar surface area (TPSA) is 45.6 Å². The first-order valence-electron chi connectivity index (χ1n) is 10.1. The van der Waals surface area contributed by atoms with Crippen LogP contribution in [-0.2, 0) is 11.8 Å². The number of aryl methyl sites for hydroxylation is 1. The van der Waals surface area contributed by atoms with Gasteiger partial charge in [-0.3, -0.25) is 0 Å². The fraction of sp³-hybridized carbons (Fsp3) is 0.522. The maximum Gasteiger partial charge on any atom is 0.219 e. The van der Waals surface area contributed by atoms with E-state index in [4.69, 9.17) is 4.74 Å². The average Bonchev–Trinajstić information content (AvgIpc) is 2.67. The zero-order valence-corrected chi connectivity index (χ0v) is 16.4. The molecule has 4 rings (SSSR count). The highest BCUT2D eigenvalue weighted by Crippen LogP contribution is 2.55. The fourth-order valence-corrected chi connectivity index (χ4v) is 5.12. The molecule has 1 N–H and O–H groups in total. The van der Waals surface area contributed by atoms with Crippen molar-refractivity contribution in [2.24, 2.45) is 0 Å². The van der Waals surface area contributed by atoms with Gasteiger partial charge in [-0.15, -0.1) is 0 Å². The van der Waals surface area contributed by atoms with E-state index in [0.717, 1.165) is 50.8 Å². The second kappa shape index (κ2) is 7.25. The second-order valence-electron chi connectivity index (χ2n) is 8.46. The van der Waals surface area contributed by atoms with E-state index < -0.39 is 5.60 Å². The van der Waals surface area contributed by atoms with Gasteiger partial charge in [-0.1, -0.05) is 25.0 Å². The first kappa shape index (κ1) is 18.5. The number of hydrogen-bond acceptors (Lipinski definition) is 4. The third kappa shape index (κ3) is 3.37. The lowest BCUT2D eigenvalue weighted by molar-refractivity contribution is -0.0887. The molecule has 1 aromatic heterocycles. The molecule has 0 aliphatic heterocycles. The first-order chi connectivity index (χ1) is 13.0. The van der Waals surface area contributed by atoms with Gasteiger partial charge < -0.3 is 14.7 Å². The molecule has 0 bridgehead atoms. The minimum absolute atomic E-state index is 0.174. The number of hydrogen-bond donors (Lipinski definition) is 1. The third-order valence-electron chi connectivity index (χ3n) is 6.59. The Hall–Kier alpha value is -1.91. The second-order valence-corrected chi connectivity index (χ2v) is 8.46. The molecule has 1 heterocycles. The Labute approximate surface area is 162 Å². The molecule has 0 saturated heterocycles. The number of benzene rings is 1. The molecule has 0 radical (unpaired) electrons. The lowest BCUT2D eigenvalue weighted by Crippen LogP contribution is -2.57. The molecule has 2 aliphatic rings. The van der Waals surface area contributed by atoms with Crippen molar-refractivity contribution in [3.63, 3.8) is 0 Å². The summed E-state index contributed by atoms with van der Waals surface area (Å²) >= 11 is 0. The molecule has 0 spiro atoms. The number of aromatic nitrogens is 1. The molecule has 1 fully saturated rings. The van der Waals surface area contributed by atoms with Crippen molar-refractivity contribution in [2.45, 2.75) is 56.0 Å². The van der Waals surface area contributed by atoms with Crippen LogP contribution < -0.4 is 4.74 Å². The highest BCUT2D eigenvalue weighted by molar-refractivity contribution is 5.46. The van der Waals surface area contributed by atoms with Gasteiger partial charge in [0.2, 0.25) is 5.88 Å². The zero-order valence-electron chi connectivity index (χ0n) is 16.4. The molecular weight excluding hydrogens is 336 g/mol. The van der Waals surface area contributed by atoms with Crippen molar-refractivity contribution < 1.29 is 9.84 Å². The SMILES string of the molecule is CN(C)CC[C@]12CCCC[C@@]1(O)CCc1ccc(Oc3ccccn3)cc12. The van der Waals surface area contributed by atoms with Crippen LogP contribution in [0, 0.1) is 0 Å². The molecule has 144 valence electrons. The Balaban J connectivity index is 1.74. The molecule has 2 aliphatic carbocycles. The van der Waals surface area contributed by atoms with Crippen molar-refractivity contribution in [2.75, 3.05) is 20.6 Å². The number of aliphatic hydroxyl groups is 1. The predicted molar refractivity (Wildman–Crippen MR) is 107 cm³/mol. The quantitative estimate of drug-likeness (QED) is 0.856. The van der Waals surface area contributed by atoms with Gasteiger partial charge in [0.05, 0.1) is 5.60 Å². The molecule has 4 heteroatoms. The summed E-state index contributed by atoms with van der Waals surface area (Å²) in [6.07, 6.45) is 8.80. The largest absolute Gasteiger partial charge is 0.439 e. The number of nitrogens with zero attached hydrogens (tertiary/aromatic N) is 2. The van der Waals surface area contributed by atoms with Gasteiger partial charge >= 0.3 is 0 Å². The Morgan fingerprint density at radius 3 is 2.74 bits per heavy atom.